The van der Waals surface area contributed by atoms with Gasteiger partial charge >= 0.3 is 0 Å². The van der Waals surface area contributed by atoms with E-state index in [1.54, 1.807) is 12.4 Å². The van der Waals surface area contributed by atoms with Crippen LogP contribution >= 0.6 is 23.1 Å². The molecule has 2 rings (SSSR count). The third-order valence-electron chi connectivity index (χ3n) is 2.59. The molecule has 0 saturated carbocycles. The minimum Gasteiger partial charge on any atom is -0.301 e. The minimum atomic E-state index is -0.174. The van der Waals surface area contributed by atoms with Crippen molar-refractivity contribution < 1.29 is 4.79 Å². The number of carbonyl (C=O) groups excluding carboxylic acids is 1. The van der Waals surface area contributed by atoms with E-state index in [9.17, 15) is 4.79 Å². The number of anilines is 1. The largest absolute Gasteiger partial charge is 0.301 e. The van der Waals surface area contributed by atoms with Crippen molar-refractivity contribution in [3.05, 3.63) is 35.1 Å². The molecule has 6 heteroatoms. The van der Waals surface area contributed by atoms with Gasteiger partial charge in [-0.3, -0.25) is 9.78 Å². The normalized spacial score (nSPS) is 12.2. The van der Waals surface area contributed by atoms with Gasteiger partial charge in [-0.2, -0.15) is 0 Å². The van der Waals surface area contributed by atoms with Crippen molar-refractivity contribution in [2.45, 2.75) is 30.9 Å². The van der Waals surface area contributed by atoms with Crippen LogP contribution in [0.15, 0.2) is 29.4 Å². The molecule has 0 fully saturated rings. The molecule has 0 spiro atoms. The van der Waals surface area contributed by atoms with Crippen LogP contribution in [0.1, 0.15) is 17.5 Å². The van der Waals surface area contributed by atoms with Gasteiger partial charge in [0.15, 0.2) is 5.13 Å². The molecule has 2 aromatic rings. The fourth-order valence-corrected chi connectivity index (χ4v) is 3.08. The Labute approximate surface area is 120 Å². The van der Waals surface area contributed by atoms with Crippen molar-refractivity contribution in [3.8, 4) is 0 Å². The Kier molecular flexibility index (Phi) is 4.55. The molecular formula is C13H15N3OS2. The first kappa shape index (κ1) is 14.0. The highest BCUT2D eigenvalue weighted by Crippen LogP contribution is 2.25. The Morgan fingerprint density at radius 2 is 2.05 bits per heavy atom. The summed E-state index contributed by atoms with van der Waals surface area (Å²) in [5.74, 6) is -0.0319. The topological polar surface area (TPSA) is 54.9 Å². The molecule has 2 heterocycles. The molecule has 0 aliphatic carbocycles. The zero-order chi connectivity index (χ0) is 13.8. The number of nitrogens with one attached hydrogen (secondary N) is 1. The first-order valence-electron chi connectivity index (χ1n) is 5.88. The van der Waals surface area contributed by atoms with Crippen LogP contribution in [0.25, 0.3) is 0 Å². The Balaban J connectivity index is 1.96. The number of pyridine rings is 1. The van der Waals surface area contributed by atoms with Gasteiger partial charge in [0, 0.05) is 22.2 Å². The number of nitrogens with zero attached hydrogens (tertiary/aromatic N) is 2. The molecule has 0 saturated heterocycles. The molecule has 0 unspecified atom stereocenters. The lowest BCUT2D eigenvalue weighted by molar-refractivity contribution is -0.115. The van der Waals surface area contributed by atoms with Crippen molar-refractivity contribution in [2.75, 3.05) is 5.32 Å². The van der Waals surface area contributed by atoms with E-state index in [1.165, 1.54) is 23.1 Å². The summed E-state index contributed by atoms with van der Waals surface area (Å²) < 4.78 is 0. The van der Waals surface area contributed by atoms with Gasteiger partial charge in [-0.15, -0.1) is 23.1 Å². The lowest BCUT2D eigenvalue weighted by Gasteiger charge is -2.09. The van der Waals surface area contributed by atoms with Crippen LogP contribution in [-0.2, 0) is 4.79 Å². The summed E-state index contributed by atoms with van der Waals surface area (Å²) in [5, 5.41) is 3.35. The molecule has 0 aliphatic rings. The van der Waals surface area contributed by atoms with E-state index in [0.29, 0.717) is 5.13 Å². The van der Waals surface area contributed by atoms with Crippen LogP contribution in [0.2, 0.25) is 0 Å². The second-order valence-corrected chi connectivity index (χ2v) is 6.71. The van der Waals surface area contributed by atoms with Crippen LogP contribution in [0.3, 0.4) is 0 Å². The fourth-order valence-electron chi connectivity index (χ4n) is 1.41. The van der Waals surface area contributed by atoms with E-state index in [1.807, 2.05) is 32.9 Å². The fraction of sp³-hybridized carbons (Fsp3) is 0.308. The number of amides is 1. The van der Waals surface area contributed by atoms with Gasteiger partial charge < -0.3 is 5.32 Å². The molecule has 0 aliphatic heterocycles. The van der Waals surface area contributed by atoms with Gasteiger partial charge in [-0.05, 0) is 32.9 Å². The average Bonchev–Trinajstić information content (AvgIpc) is 2.69. The van der Waals surface area contributed by atoms with Gasteiger partial charge in [-0.1, -0.05) is 0 Å². The Morgan fingerprint density at radius 3 is 2.63 bits per heavy atom. The molecule has 1 amide bonds. The van der Waals surface area contributed by atoms with E-state index < -0.39 is 0 Å². The molecule has 1 N–H and O–H groups in total. The maximum Gasteiger partial charge on any atom is 0.239 e. The van der Waals surface area contributed by atoms with Crippen LogP contribution in [0.4, 0.5) is 5.13 Å². The zero-order valence-electron chi connectivity index (χ0n) is 11.0. The van der Waals surface area contributed by atoms with Crippen molar-refractivity contribution >= 4 is 34.1 Å². The molecule has 4 nitrogen and oxygen atoms in total. The first-order chi connectivity index (χ1) is 9.06. The zero-order valence-corrected chi connectivity index (χ0v) is 12.6. The van der Waals surface area contributed by atoms with Crippen molar-refractivity contribution in [3.63, 3.8) is 0 Å². The third-order valence-corrected chi connectivity index (χ3v) is 4.69. The number of carbonyl (C=O) groups is 1. The number of thiazole rings is 1. The lowest BCUT2D eigenvalue weighted by atomic mass is 10.4. The monoisotopic (exact) mass is 293 g/mol. The highest BCUT2D eigenvalue weighted by atomic mass is 32.2. The van der Waals surface area contributed by atoms with E-state index in [-0.39, 0.29) is 11.2 Å². The summed E-state index contributed by atoms with van der Waals surface area (Å²) in [6.07, 6.45) is 3.45. The average molecular weight is 293 g/mol. The second-order valence-electron chi connectivity index (χ2n) is 4.09. The molecule has 1 atom stereocenters. The van der Waals surface area contributed by atoms with Crippen molar-refractivity contribution in [1.29, 1.82) is 0 Å². The number of aryl methyl sites for hydroxylation is 2. The molecule has 0 bridgehead atoms. The van der Waals surface area contributed by atoms with Crippen LogP contribution in [-0.4, -0.2) is 21.1 Å². The lowest BCUT2D eigenvalue weighted by Crippen LogP contribution is -2.22. The summed E-state index contributed by atoms with van der Waals surface area (Å²) >= 11 is 3.01. The smallest absolute Gasteiger partial charge is 0.239 e. The summed E-state index contributed by atoms with van der Waals surface area (Å²) in [7, 11) is 0. The van der Waals surface area contributed by atoms with E-state index in [0.717, 1.165) is 15.5 Å². The van der Waals surface area contributed by atoms with Crippen LogP contribution < -0.4 is 5.32 Å². The molecule has 19 heavy (non-hydrogen) atoms. The molecule has 2 aromatic heterocycles. The Hall–Kier alpha value is -1.40. The highest BCUT2D eigenvalue weighted by molar-refractivity contribution is 8.00. The maximum absolute atomic E-state index is 12.1. The molecule has 0 radical (unpaired) electrons. The number of aromatic nitrogens is 2. The number of rotatable bonds is 4. The van der Waals surface area contributed by atoms with Crippen molar-refractivity contribution in [2.24, 2.45) is 0 Å². The van der Waals surface area contributed by atoms with E-state index in [4.69, 9.17) is 0 Å². The first-order valence-corrected chi connectivity index (χ1v) is 7.57. The second kappa shape index (κ2) is 6.16. The summed E-state index contributed by atoms with van der Waals surface area (Å²) in [5.41, 5.74) is 0.967. The van der Waals surface area contributed by atoms with Gasteiger partial charge in [0.1, 0.15) is 0 Å². The van der Waals surface area contributed by atoms with Gasteiger partial charge in [-0.25, -0.2) is 4.98 Å². The standard InChI is InChI=1S/C13H15N3OS2/c1-8-9(2)19-13(15-8)16-12(17)10(3)18-11-4-6-14-7-5-11/h4-7,10H,1-3H3,(H,15,16,17)/t10-/m0/s1. The van der Waals surface area contributed by atoms with Gasteiger partial charge in [0.2, 0.25) is 5.91 Å². The Bertz CT molecular complexity index is 549. The molecule has 0 aromatic carbocycles. The predicted octanol–water partition coefficient (Wildman–Crippen LogP) is 3.27. The van der Waals surface area contributed by atoms with Crippen molar-refractivity contribution in [1.82, 2.24) is 9.97 Å². The number of hydrogen-bond acceptors (Lipinski definition) is 5. The summed E-state index contributed by atoms with van der Waals surface area (Å²) in [6.45, 7) is 5.82. The van der Waals surface area contributed by atoms with Gasteiger partial charge in [0.05, 0.1) is 10.9 Å². The number of thioether (sulfide) groups is 1. The van der Waals surface area contributed by atoms with Gasteiger partial charge in [0.25, 0.3) is 0 Å². The molecule has 100 valence electrons. The predicted molar refractivity (Wildman–Crippen MR) is 79.8 cm³/mol. The van der Waals surface area contributed by atoms with Crippen LogP contribution in [0.5, 0.6) is 0 Å². The Morgan fingerprint density at radius 1 is 1.37 bits per heavy atom. The third kappa shape index (κ3) is 3.78. The van der Waals surface area contributed by atoms with E-state index >= 15 is 0 Å². The SMILES string of the molecule is Cc1nc(NC(=O)[C@H](C)Sc2ccncc2)sc1C. The van der Waals surface area contributed by atoms with Crippen LogP contribution in [0, 0.1) is 13.8 Å². The number of hydrogen-bond donors (Lipinski definition) is 1. The highest BCUT2D eigenvalue weighted by Gasteiger charge is 2.16. The molecular weight excluding hydrogens is 278 g/mol. The quantitative estimate of drug-likeness (QED) is 0.879. The minimum absolute atomic E-state index is 0.0319. The summed E-state index contributed by atoms with van der Waals surface area (Å²) in [6, 6.07) is 3.79. The van der Waals surface area contributed by atoms with E-state index in [2.05, 4.69) is 15.3 Å². The summed E-state index contributed by atoms with van der Waals surface area (Å²) in [4.78, 5) is 22.5. The maximum atomic E-state index is 12.1.